The number of hydrogen-bond donors (Lipinski definition) is 2. The van der Waals surface area contributed by atoms with Crippen molar-refractivity contribution in [3.63, 3.8) is 0 Å². The fourth-order valence-corrected chi connectivity index (χ4v) is 0.820. The van der Waals surface area contributed by atoms with Crippen molar-refractivity contribution in [1.29, 1.82) is 0 Å². The summed E-state index contributed by atoms with van der Waals surface area (Å²) in [5, 5.41) is 0. The van der Waals surface area contributed by atoms with Crippen LogP contribution in [0.5, 0.6) is 0 Å². The number of nitrogens with one attached hydrogen (secondary N) is 1. The van der Waals surface area contributed by atoms with E-state index in [1.807, 2.05) is 6.92 Å². The first-order valence-corrected chi connectivity index (χ1v) is 2.96. The SMILES string of the molecule is Cc1cc(F)cc(NN)c1. The van der Waals surface area contributed by atoms with E-state index in [0.717, 1.165) is 5.56 Å². The molecule has 0 bridgehead atoms. The fraction of sp³-hybridized carbons (Fsp3) is 0.143. The largest absolute Gasteiger partial charge is 0.324 e. The van der Waals surface area contributed by atoms with Crippen molar-refractivity contribution < 1.29 is 4.39 Å². The summed E-state index contributed by atoms with van der Waals surface area (Å²) in [4.78, 5) is 0. The van der Waals surface area contributed by atoms with Gasteiger partial charge in [0.25, 0.3) is 0 Å². The average Bonchev–Trinajstić information content (AvgIpc) is 1.85. The first-order chi connectivity index (χ1) is 4.72. The second-order valence-corrected chi connectivity index (χ2v) is 2.16. The molecule has 3 heteroatoms. The molecule has 1 aromatic carbocycles. The molecule has 54 valence electrons. The average molecular weight is 140 g/mol. The number of aryl methyl sites for hydroxylation is 1. The number of nitrogens with two attached hydrogens (primary N) is 1. The Morgan fingerprint density at radius 3 is 2.60 bits per heavy atom. The molecular weight excluding hydrogens is 131 g/mol. The maximum Gasteiger partial charge on any atom is 0.125 e. The molecule has 0 spiro atoms. The van der Waals surface area contributed by atoms with E-state index in [2.05, 4.69) is 5.43 Å². The summed E-state index contributed by atoms with van der Waals surface area (Å²) < 4.78 is 12.5. The van der Waals surface area contributed by atoms with Gasteiger partial charge in [-0.25, -0.2) is 4.39 Å². The van der Waals surface area contributed by atoms with Crippen molar-refractivity contribution in [2.24, 2.45) is 5.84 Å². The van der Waals surface area contributed by atoms with Gasteiger partial charge in [-0.05, 0) is 30.7 Å². The minimum Gasteiger partial charge on any atom is -0.324 e. The summed E-state index contributed by atoms with van der Waals surface area (Å²) >= 11 is 0. The molecule has 1 rings (SSSR count). The molecule has 0 heterocycles. The molecule has 3 N–H and O–H groups in total. The van der Waals surface area contributed by atoms with Gasteiger partial charge < -0.3 is 5.43 Å². The number of hydrogen-bond acceptors (Lipinski definition) is 2. The molecular formula is C7H9FN2. The summed E-state index contributed by atoms with van der Waals surface area (Å²) in [7, 11) is 0. The van der Waals surface area contributed by atoms with Gasteiger partial charge in [0, 0.05) is 0 Å². The maximum absolute atomic E-state index is 12.5. The Morgan fingerprint density at radius 2 is 2.10 bits per heavy atom. The Kier molecular flexibility index (Phi) is 1.87. The van der Waals surface area contributed by atoms with Gasteiger partial charge in [-0.3, -0.25) is 5.84 Å². The Labute approximate surface area is 58.8 Å². The van der Waals surface area contributed by atoms with Gasteiger partial charge >= 0.3 is 0 Å². The van der Waals surface area contributed by atoms with Crippen LogP contribution in [0.3, 0.4) is 0 Å². The zero-order chi connectivity index (χ0) is 7.56. The van der Waals surface area contributed by atoms with Gasteiger partial charge in [0.05, 0.1) is 5.69 Å². The highest BCUT2D eigenvalue weighted by molar-refractivity contribution is 5.44. The number of halogens is 1. The van der Waals surface area contributed by atoms with E-state index in [4.69, 9.17) is 5.84 Å². The number of nitrogen functional groups attached to an aromatic ring is 1. The first-order valence-electron chi connectivity index (χ1n) is 2.96. The quantitative estimate of drug-likeness (QED) is 0.457. The number of rotatable bonds is 1. The van der Waals surface area contributed by atoms with Gasteiger partial charge in [0.15, 0.2) is 0 Å². The standard InChI is InChI=1S/C7H9FN2/c1-5-2-6(8)4-7(3-5)10-9/h2-4,10H,9H2,1H3. The van der Waals surface area contributed by atoms with Gasteiger partial charge in [0.2, 0.25) is 0 Å². The minimum absolute atomic E-state index is 0.270. The van der Waals surface area contributed by atoms with Gasteiger partial charge in [0.1, 0.15) is 5.82 Å². The smallest absolute Gasteiger partial charge is 0.125 e. The third-order valence-corrected chi connectivity index (χ3v) is 1.21. The zero-order valence-electron chi connectivity index (χ0n) is 5.69. The van der Waals surface area contributed by atoms with E-state index in [9.17, 15) is 4.39 Å². The van der Waals surface area contributed by atoms with Crippen LogP contribution in [0.4, 0.5) is 10.1 Å². The molecule has 0 aliphatic carbocycles. The number of anilines is 1. The summed E-state index contributed by atoms with van der Waals surface area (Å²) in [5.74, 6) is 4.80. The highest BCUT2D eigenvalue weighted by Gasteiger charge is 1.93. The third-order valence-electron chi connectivity index (χ3n) is 1.21. The minimum atomic E-state index is -0.270. The third kappa shape index (κ3) is 1.45. The van der Waals surface area contributed by atoms with E-state index in [0.29, 0.717) is 5.69 Å². The fourth-order valence-electron chi connectivity index (χ4n) is 0.820. The molecule has 10 heavy (non-hydrogen) atoms. The van der Waals surface area contributed by atoms with Crippen molar-refractivity contribution in [3.8, 4) is 0 Å². The zero-order valence-corrected chi connectivity index (χ0v) is 5.69. The Hall–Kier alpha value is -1.09. The van der Waals surface area contributed by atoms with Crippen molar-refractivity contribution in [2.75, 3.05) is 5.43 Å². The summed E-state index contributed by atoms with van der Waals surface area (Å²) in [6.07, 6.45) is 0. The number of hydrazine groups is 1. The van der Waals surface area contributed by atoms with Crippen LogP contribution in [0, 0.1) is 12.7 Å². The predicted molar refractivity (Wildman–Crippen MR) is 38.9 cm³/mol. The van der Waals surface area contributed by atoms with Crippen LogP contribution in [0.2, 0.25) is 0 Å². The second kappa shape index (κ2) is 2.66. The molecule has 0 atom stereocenters. The van der Waals surface area contributed by atoms with Crippen LogP contribution in [-0.2, 0) is 0 Å². The van der Waals surface area contributed by atoms with Gasteiger partial charge in [-0.2, -0.15) is 0 Å². The van der Waals surface area contributed by atoms with E-state index in [-0.39, 0.29) is 5.82 Å². The lowest BCUT2D eigenvalue weighted by molar-refractivity contribution is 0.627. The molecule has 0 fully saturated rings. The molecule has 0 aliphatic heterocycles. The molecule has 0 radical (unpaired) electrons. The molecule has 0 aliphatic rings. The van der Waals surface area contributed by atoms with Gasteiger partial charge in [-0.1, -0.05) is 0 Å². The van der Waals surface area contributed by atoms with Gasteiger partial charge in [-0.15, -0.1) is 0 Å². The van der Waals surface area contributed by atoms with Crippen LogP contribution < -0.4 is 11.3 Å². The first kappa shape index (κ1) is 7.02. The highest BCUT2D eigenvalue weighted by atomic mass is 19.1. The molecule has 0 saturated heterocycles. The molecule has 1 aromatic rings. The number of benzene rings is 1. The predicted octanol–water partition coefficient (Wildman–Crippen LogP) is 1.42. The van der Waals surface area contributed by atoms with Crippen LogP contribution in [0.15, 0.2) is 18.2 Å². The second-order valence-electron chi connectivity index (χ2n) is 2.16. The van der Waals surface area contributed by atoms with Crippen LogP contribution in [-0.4, -0.2) is 0 Å². The van der Waals surface area contributed by atoms with Crippen molar-refractivity contribution in [1.82, 2.24) is 0 Å². The molecule has 0 aromatic heterocycles. The molecule has 0 saturated carbocycles. The van der Waals surface area contributed by atoms with E-state index in [1.165, 1.54) is 12.1 Å². The summed E-state index contributed by atoms with van der Waals surface area (Å²) in [5.41, 5.74) is 3.82. The summed E-state index contributed by atoms with van der Waals surface area (Å²) in [6, 6.07) is 4.55. The lowest BCUT2D eigenvalue weighted by atomic mass is 10.2. The van der Waals surface area contributed by atoms with E-state index in [1.54, 1.807) is 6.07 Å². The monoisotopic (exact) mass is 140 g/mol. The topological polar surface area (TPSA) is 38.0 Å². The lowest BCUT2D eigenvalue weighted by Crippen LogP contribution is -2.06. The Bertz CT molecular complexity index is 215. The van der Waals surface area contributed by atoms with Crippen LogP contribution in [0.25, 0.3) is 0 Å². The van der Waals surface area contributed by atoms with Crippen molar-refractivity contribution in [2.45, 2.75) is 6.92 Å². The molecule has 0 unspecified atom stereocenters. The van der Waals surface area contributed by atoms with E-state index < -0.39 is 0 Å². The normalized spacial score (nSPS) is 9.50. The van der Waals surface area contributed by atoms with Crippen molar-refractivity contribution >= 4 is 5.69 Å². The molecule has 0 amide bonds. The lowest BCUT2D eigenvalue weighted by Gasteiger charge is -2.00. The van der Waals surface area contributed by atoms with Crippen LogP contribution >= 0.6 is 0 Å². The summed E-state index contributed by atoms with van der Waals surface area (Å²) in [6.45, 7) is 1.81. The molecule has 2 nitrogen and oxygen atoms in total. The van der Waals surface area contributed by atoms with E-state index >= 15 is 0 Å². The van der Waals surface area contributed by atoms with Crippen molar-refractivity contribution in [3.05, 3.63) is 29.6 Å². The Balaban J connectivity index is 3.06. The highest BCUT2D eigenvalue weighted by Crippen LogP contribution is 2.11. The Morgan fingerprint density at radius 1 is 1.40 bits per heavy atom. The van der Waals surface area contributed by atoms with Crippen LogP contribution in [0.1, 0.15) is 5.56 Å². The maximum atomic E-state index is 12.5.